The van der Waals surface area contributed by atoms with Crippen molar-refractivity contribution in [1.29, 1.82) is 5.26 Å². The Hall–Kier alpha value is -3.39. The van der Waals surface area contributed by atoms with Crippen LogP contribution in [0.1, 0.15) is 15.2 Å². The zero-order chi connectivity index (χ0) is 20.3. The highest BCUT2D eigenvalue weighted by atomic mass is 32.2. The second kappa shape index (κ2) is 7.69. The van der Waals surface area contributed by atoms with Crippen LogP contribution in [0.3, 0.4) is 0 Å². The fraction of sp³-hybridized carbons (Fsp3) is 0. The summed E-state index contributed by atoms with van der Waals surface area (Å²) >= 11 is 1.05. The van der Waals surface area contributed by atoms with Crippen LogP contribution >= 0.6 is 11.3 Å². The number of hydrogen-bond acceptors (Lipinski definition) is 7. The van der Waals surface area contributed by atoms with Crippen LogP contribution in [0.15, 0.2) is 59.5 Å². The van der Waals surface area contributed by atoms with Crippen molar-refractivity contribution in [2.75, 3.05) is 16.4 Å². The Morgan fingerprint density at radius 3 is 2.25 bits per heavy atom. The third-order valence-corrected chi connectivity index (χ3v) is 5.78. The van der Waals surface area contributed by atoms with E-state index in [1.165, 1.54) is 24.3 Å². The summed E-state index contributed by atoms with van der Waals surface area (Å²) in [5, 5.41) is 20.6. The molecular weight excluding hydrogens is 398 g/mol. The number of amides is 1. The number of hydrogen-bond donors (Lipinski definition) is 4. The molecule has 2 aromatic carbocycles. The van der Waals surface area contributed by atoms with Gasteiger partial charge in [-0.2, -0.15) is 5.26 Å². The first-order valence-corrected chi connectivity index (χ1v) is 10.2. The van der Waals surface area contributed by atoms with E-state index in [2.05, 4.69) is 10.6 Å². The Labute approximate surface area is 165 Å². The third kappa shape index (κ3) is 4.12. The van der Waals surface area contributed by atoms with Crippen molar-refractivity contribution in [2.24, 2.45) is 5.14 Å². The molecule has 0 spiro atoms. The van der Waals surface area contributed by atoms with Crippen LogP contribution < -0.4 is 21.5 Å². The van der Waals surface area contributed by atoms with Crippen LogP contribution in [0, 0.1) is 11.3 Å². The molecule has 8 nitrogen and oxygen atoms in total. The highest BCUT2D eigenvalue weighted by molar-refractivity contribution is 7.89. The Morgan fingerprint density at radius 1 is 1.04 bits per heavy atom. The number of nitriles is 1. The molecular formula is C18H15N5O3S2. The van der Waals surface area contributed by atoms with E-state index in [-0.39, 0.29) is 21.0 Å². The van der Waals surface area contributed by atoms with Gasteiger partial charge < -0.3 is 16.4 Å². The van der Waals surface area contributed by atoms with E-state index in [1.807, 2.05) is 36.4 Å². The lowest BCUT2D eigenvalue weighted by Crippen LogP contribution is -2.14. The van der Waals surface area contributed by atoms with Gasteiger partial charge in [-0.25, -0.2) is 13.6 Å². The van der Waals surface area contributed by atoms with E-state index in [0.717, 1.165) is 17.0 Å². The van der Waals surface area contributed by atoms with Crippen LogP contribution in [-0.2, 0) is 10.0 Å². The molecule has 0 aliphatic rings. The van der Waals surface area contributed by atoms with Crippen molar-refractivity contribution in [3.05, 3.63) is 65.0 Å². The van der Waals surface area contributed by atoms with E-state index in [9.17, 15) is 18.5 Å². The number of primary sulfonamides is 1. The second-order valence-electron chi connectivity index (χ2n) is 5.68. The number of nitrogen functional groups attached to an aromatic ring is 1. The molecule has 1 aromatic heterocycles. The number of nitrogens with two attached hydrogens (primary N) is 2. The minimum Gasteiger partial charge on any atom is -0.396 e. The van der Waals surface area contributed by atoms with Crippen molar-refractivity contribution in [3.8, 4) is 6.07 Å². The van der Waals surface area contributed by atoms with Gasteiger partial charge in [0.2, 0.25) is 10.0 Å². The van der Waals surface area contributed by atoms with Gasteiger partial charge in [-0.05, 0) is 36.4 Å². The molecule has 0 bridgehead atoms. The highest BCUT2D eigenvalue weighted by Crippen LogP contribution is 2.37. The average molecular weight is 413 g/mol. The van der Waals surface area contributed by atoms with Crippen LogP contribution in [0.5, 0.6) is 0 Å². The molecule has 0 aliphatic carbocycles. The Balaban J connectivity index is 1.85. The number of nitrogens with zero attached hydrogens (tertiary/aromatic N) is 1. The first-order chi connectivity index (χ1) is 13.3. The Bertz CT molecular complexity index is 1160. The van der Waals surface area contributed by atoms with Crippen molar-refractivity contribution in [3.63, 3.8) is 0 Å². The minimum atomic E-state index is -3.82. The van der Waals surface area contributed by atoms with Gasteiger partial charge in [0.05, 0.1) is 10.6 Å². The first kappa shape index (κ1) is 19.4. The van der Waals surface area contributed by atoms with E-state index < -0.39 is 15.9 Å². The fourth-order valence-electron chi connectivity index (χ4n) is 2.38. The fourth-order valence-corrected chi connectivity index (χ4v) is 3.88. The van der Waals surface area contributed by atoms with Crippen LogP contribution in [-0.4, -0.2) is 14.3 Å². The molecule has 1 heterocycles. The van der Waals surface area contributed by atoms with Gasteiger partial charge in [0, 0.05) is 11.4 Å². The predicted octanol–water partition coefficient (Wildman–Crippen LogP) is 2.85. The first-order valence-electron chi connectivity index (χ1n) is 7.88. The van der Waals surface area contributed by atoms with Gasteiger partial charge in [-0.3, -0.25) is 4.79 Å². The largest absolute Gasteiger partial charge is 0.396 e. The van der Waals surface area contributed by atoms with E-state index in [0.29, 0.717) is 10.7 Å². The zero-order valence-electron chi connectivity index (χ0n) is 14.3. The van der Waals surface area contributed by atoms with Gasteiger partial charge in [-0.1, -0.05) is 18.2 Å². The smallest absolute Gasteiger partial charge is 0.267 e. The lowest BCUT2D eigenvalue weighted by molar-refractivity contribution is 0.103. The molecule has 10 heteroatoms. The van der Waals surface area contributed by atoms with Crippen molar-refractivity contribution in [2.45, 2.75) is 4.90 Å². The monoisotopic (exact) mass is 413 g/mol. The van der Waals surface area contributed by atoms with Gasteiger partial charge in [0.1, 0.15) is 21.5 Å². The summed E-state index contributed by atoms with van der Waals surface area (Å²) in [6.07, 6.45) is 0. The van der Waals surface area contributed by atoms with Crippen LogP contribution in [0.4, 0.5) is 22.1 Å². The number of carbonyl (C=O) groups excluding carboxylic acids is 1. The molecule has 3 aromatic rings. The summed E-state index contributed by atoms with van der Waals surface area (Å²) in [6.45, 7) is 0. The number of anilines is 4. The second-order valence-corrected chi connectivity index (χ2v) is 8.26. The van der Waals surface area contributed by atoms with E-state index >= 15 is 0 Å². The lowest BCUT2D eigenvalue weighted by Gasteiger charge is -2.05. The van der Waals surface area contributed by atoms with Gasteiger partial charge in [0.15, 0.2) is 0 Å². The SMILES string of the molecule is N#Cc1c(Nc2ccccc2)sc(C(=O)Nc2ccc(S(N)(=O)=O)cc2)c1N. The molecule has 0 fully saturated rings. The molecule has 142 valence electrons. The number of para-hydroxylation sites is 1. The number of benzene rings is 2. The normalized spacial score (nSPS) is 10.9. The highest BCUT2D eigenvalue weighted by Gasteiger charge is 2.21. The van der Waals surface area contributed by atoms with Gasteiger partial charge in [-0.15, -0.1) is 11.3 Å². The van der Waals surface area contributed by atoms with Crippen molar-refractivity contribution in [1.82, 2.24) is 0 Å². The van der Waals surface area contributed by atoms with Crippen molar-refractivity contribution >= 4 is 49.3 Å². The molecule has 0 saturated carbocycles. The summed E-state index contributed by atoms with van der Waals surface area (Å²) in [7, 11) is -3.82. The number of nitrogens with one attached hydrogen (secondary N) is 2. The summed E-state index contributed by atoms with van der Waals surface area (Å²) in [6, 6.07) is 16.6. The van der Waals surface area contributed by atoms with Crippen molar-refractivity contribution < 1.29 is 13.2 Å². The number of rotatable bonds is 5. The quantitative estimate of drug-likeness (QED) is 0.505. The maximum atomic E-state index is 12.6. The summed E-state index contributed by atoms with van der Waals surface area (Å²) in [4.78, 5) is 12.7. The molecule has 0 atom stereocenters. The van der Waals surface area contributed by atoms with Crippen LogP contribution in [0.2, 0.25) is 0 Å². The van der Waals surface area contributed by atoms with Crippen LogP contribution in [0.25, 0.3) is 0 Å². The topological polar surface area (TPSA) is 151 Å². The lowest BCUT2D eigenvalue weighted by atomic mass is 10.2. The molecule has 3 rings (SSSR count). The Morgan fingerprint density at radius 2 is 1.68 bits per heavy atom. The van der Waals surface area contributed by atoms with Gasteiger partial charge >= 0.3 is 0 Å². The van der Waals surface area contributed by atoms with E-state index in [1.54, 1.807) is 0 Å². The zero-order valence-corrected chi connectivity index (χ0v) is 16.0. The maximum absolute atomic E-state index is 12.6. The molecule has 1 amide bonds. The summed E-state index contributed by atoms with van der Waals surface area (Å²) in [5.74, 6) is -0.511. The van der Waals surface area contributed by atoms with Gasteiger partial charge in [0.25, 0.3) is 5.91 Å². The summed E-state index contributed by atoms with van der Waals surface area (Å²) < 4.78 is 22.6. The summed E-state index contributed by atoms with van der Waals surface area (Å²) in [5.41, 5.74) is 7.37. The molecule has 0 unspecified atom stereocenters. The standard InChI is InChI=1S/C18H15N5O3S2/c19-10-14-15(20)16(27-18(14)23-11-4-2-1-3-5-11)17(24)22-12-6-8-13(9-7-12)28(21,25)26/h1-9,23H,20H2,(H,22,24)(H2,21,25,26). The average Bonchev–Trinajstić information content (AvgIpc) is 2.97. The predicted molar refractivity (Wildman–Crippen MR) is 109 cm³/mol. The van der Waals surface area contributed by atoms with E-state index in [4.69, 9.17) is 10.9 Å². The molecule has 0 saturated heterocycles. The number of thiophene rings is 1. The molecule has 28 heavy (non-hydrogen) atoms. The Kier molecular flexibility index (Phi) is 5.32. The molecule has 0 radical (unpaired) electrons. The molecule has 6 N–H and O–H groups in total. The molecule has 0 aliphatic heterocycles. The third-order valence-electron chi connectivity index (χ3n) is 3.74. The number of carbonyl (C=O) groups is 1. The minimum absolute atomic E-state index is 0.0674. The number of sulfonamides is 1. The maximum Gasteiger partial charge on any atom is 0.267 e.